The van der Waals surface area contributed by atoms with E-state index in [-0.39, 0.29) is 16.2 Å². The number of rotatable bonds is 7. The number of hydrogen-bond acceptors (Lipinski definition) is 5. The minimum Gasteiger partial charge on any atom is -0.404 e. The van der Waals surface area contributed by atoms with E-state index in [1.165, 1.54) is 30.6 Å². The van der Waals surface area contributed by atoms with Gasteiger partial charge in [-0.25, -0.2) is 16.8 Å². The molecule has 0 spiro atoms. The van der Waals surface area contributed by atoms with Crippen molar-refractivity contribution in [1.82, 2.24) is 9.29 Å². The van der Waals surface area contributed by atoms with Gasteiger partial charge in [0.15, 0.2) is 0 Å². The number of benzene rings is 2. The molecule has 4 N–H and O–H groups in total. The molecule has 6 nitrogen and oxygen atoms in total. The maximum Gasteiger partial charge on any atom is 0.268 e. The first-order valence-corrected chi connectivity index (χ1v) is 10.3. The number of aromatic nitrogens is 1. The zero-order chi connectivity index (χ0) is 21.0. The van der Waals surface area contributed by atoms with Crippen molar-refractivity contribution in [2.45, 2.75) is 11.4 Å². The molecule has 2 aromatic carbocycles. The van der Waals surface area contributed by atoms with E-state index in [2.05, 4.69) is 5.32 Å². The SMILES string of the molecule is CNCc1cc(-c2ccccc2F)n(S(=O)(=O)c2cccc(/C(C=N)=C/N)c2)c1. The third-order valence-corrected chi connectivity index (χ3v) is 6.10. The lowest BCUT2D eigenvalue weighted by molar-refractivity contribution is 0.587. The topological polar surface area (TPSA) is 101 Å². The highest BCUT2D eigenvalue weighted by Gasteiger charge is 2.23. The largest absolute Gasteiger partial charge is 0.404 e. The highest BCUT2D eigenvalue weighted by molar-refractivity contribution is 7.90. The molecule has 0 atom stereocenters. The van der Waals surface area contributed by atoms with Crippen LogP contribution in [0.1, 0.15) is 11.1 Å². The Balaban J connectivity index is 2.21. The first-order chi connectivity index (χ1) is 13.9. The zero-order valence-corrected chi connectivity index (χ0v) is 16.6. The second-order valence-electron chi connectivity index (χ2n) is 6.34. The number of hydrogen-bond donors (Lipinski definition) is 3. The Morgan fingerprint density at radius 3 is 2.62 bits per heavy atom. The molecule has 0 saturated carbocycles. The summed E-state index contributed by atoms with van der Waals surface area (Å²) in [5.41, 5.74) is 7.54. The fourth-order valence-electron chi connectivity index (χ4n) is 3.04. The molecule has 0 aliphatic heterocycles. The maximum atomic E-state index is 14.4. The highest BCUT2D eigenvalue weighted by atomic mass is 32.2. The van der Waals surface area contributed by atoms with Crippen molar-refractivity contribution in [3.8, 4) is 11.3 Å². The van der Waals surface area contributed by atoms with Gasteiger partial charge in [-0.2, -0.15) is 0 Å². The van der Waals surface area contributed by atoms with Crippen molar-refractivity contribution in [2.75, 3.05) is 7.05 Å². The first-order valence-electron chi connectivity index (χ1n) is 8.81. The van der Waals surface area contributed by atoms with Gasteiger partial charge in [-0.15, -0.1) is 0 Å². The molecule has 3 rings (SSSR count). The molecule has 1 heterocycles. The molecule has 0 aliphatic rings. The van der Waals surface area contributed by atoms with Gasteiger partial charge in [0.05, 0.1) is 10.6 Å². The van der Waals surface area contributed by atoms with E-state index in [1.54, 1.807) is 43.4 Å². The Morgan fingerprint density at radius 2 is 1.97 bits per heavy atom. The van der Waals surface area contributed by atoms with Crippen molar-refractivity contribution >= 4 is 21.8 Å². The summed E-state index contributed by atoms with van der Waals surface area (Å²) in [6.45, 7) is 0.428. The van der Waals surface area contributed by atoms with Crippen LogP contribution in [0, 0.1) is 11.2 Å². The van der Waals surface area contributed by atoms with Crippen LogP contribution in [0.4, 0.5) is 4.39 Å². The second kappa shape index (κ2) is 8.42. The van der Waals surface area contributed by atoms with Crippen LogP contribution in [0.2, 0.25) is 0 Å². The van der Waals surface area contributed by atoms with E-state index in [0.717, 1.165) is 10.2 Å². The van der Waals surface area contributed by atoms with E-state index < -0.39 is 15.8 Å². The molecule has 1 aromatic heterocycles. The van der Waals surface area contributed by atoms with Gasteiger partial charge in [-0.1, -0.05) is 24.3 Å². The van der Waals surface area contributed by atoms with Gasteiger partial charge in [0, 0.05) is 36.3 Å². The third kappa shape index (κ3) is 3.98. The minimum absolute atomic E-state index is 0.0143. The van der Waals surface area contributed by atoms with Crippen molar-refractivity contribution in [3.63, 3.8) is 0 Å². The van der Waals surface area contributed by atoms with Crippen LogP contribution in [0.25, 0.3) is 16.8 Å². The Labute approximate surface area is 169 Å². The fourth-order valence-corrected chi connectivity index (χ4v) is 4.48. The van der Waals surface area contributed by atoms with E-state index in [4.69, 9.17) is 11.1 Å². The normalized spacial score (nSPS) is 12.1. The molecule has 29 heavy (non-hydrogen) atoms. The molecule has 0 bridgehead atoms. The Kier molecular flexibility index (Phi) is 5.95. The number of nitrogens with zero attached hydrogens (tertiary/aromatic N) is 1. The Hall–Kier alpha value is -3.23. The van der Waals surface area contributed by atoms with Crippen molar-refractivity contribution < 1.29 is 12.8 Å². The van der Waals surface area contributed by atoms with Gasteiger partial charge in [-0.3, -0.25) is 0 Å². The van der Waals surface area contributed by atoms with Crippen LogP contribution in [0.15, 0.2) is 71.9 Å². The molecule has 0 unspecified atom stereocenters. The summed E-state index contributed by atoms with van der Waals surface area (Å²) >= 11 is 0. The third-order valence-electron chi connectivity index (χ3n) is 4.43. The van der Waals surface area contributed by atoms with Gasteiger partial charge in [-0.05, 0) is 48.5 Å². The number of allylic oxidation sites excluding steroid dienone is 1. The summed E-state index contributed by atoms with van der Waals surface area (Å²) in [5.74, 6) is -0.510. The lowest BCUT2D eigenvalue weighted by Crippen LogP contribution is -2.14. The number of nitrogens with one attached hydrogen (secondary N) is 2. The summed E-state index contributed by atoms with van der Waals surface area (Å²) in [6, 6.07) is 13.8. The second-order valence-corrected chi connectivity index (χ2v) is 8.15. The average molecular weight is 412 g/mol. The van der Waals surface area contributed by atoms with Crippen LogP contribution in [0.5, 0.6) is 0 Å². The lowest BCUT2D eigenvalue weighted by Gasteiger charge is -2.12. The molecule has 0 fully saturated rings. The van der Waals surface area contributed by atoms with Crippen LogP contribution in [0.3, 0.4) is 0 Å². The number of halogens is 1. The fraction of sp³-hybridized carbons (Fsp3) is 0.0952. The standard InChI is InChI=1S/C21H21FN4O2S/c1-25-13-15-9-21(19-7-2-3-8-20(19)22)26(14-15)29(27,28)18-6-4-5-16(10-18)17(11-23)12-24/h2-12,14,23,25H,13,24H2,1H3/b17-12+,23-11?. The summed E-state index contributed by atoms with van der Waals surface area (Å²) in [7, 11) is -2.28. The van der Waals surface area contributed by atoms with Crippen LogP contribution in [-0.4, -0.2) is 25.7 Å². The zero-order valence-electron chi connectivity index (χ0n) is 15.8. The van der Waals surface area contributed by atoms with Gasteiger partial charge in [0.1, 0.15) is 5.82 Å². The smallest absolute Gasteiger partial charge is 0.268 e. The molecule has 0 saturated heterocycles. The summed E-state index contributed by atoms with van der Waals surface area (Å²) in [5, 5.41) is 10.4. The molecular weight excluding hydrogens is 391 g/mol. The van der Waals surface area contributed by atoms with E-state index >= 15 is 0 Å². The first kappa shape index (κ1) is 20.5. The number of nitrogens with two attached hydrogens (primary N) is 1. The monoisotopic (exact) mass is 412 g/mol. The van der Waals surface area contributed by atoms with Crippen LogP contribution >= 0.6 is 0 Å². The molecule has 8 heteroatoms. The van der Waals surface area contributed by atoms with E-state index in [0.29, 0.717) is 23.2 Å². The molecular formula is C21H21FN4O2S. The highest BCUT2D eigenvalue weighted by Crippen LogP contribution is 2.29. The molecule has 0 amide bonds. The van der Waals surface area contributed by atoms with Crippen LogP contribution in [-0.2, 0) is 16.6 Å². The average Bonchev–Trinajstić information content (AvgIpc) is 3.14. The lowest BCUT2D eigenvalue weighted by atomic mass is 10.1. The van der Waals surface area contributed by atoms with Gasteiger partial charge in [0.2, 0.25) is 0 Å². The molecule has 0 radical (unpaired) electrons. The van der Waals surface area contributed by atoms with Gasteiger partial charge < -0.3 is 16.5 Å². The predicted octanol–water partition coefficient (Wildman–Crippen LogP) is 3.20. The van der Waals surface area contributed by atoms with E-state index in [1.807, 2.05) is 0 Å². The summed E-state index contributed by atoms with van der Waals surface area (Å²) < 4.78 is 42.4. The Morgan fingerprint density at radius 1 is 1.21 bits per heavy atom. The quantitative estimate of drug-likeness (QED) is 0.519. The van der Waals surface area contributed by atoms with Crippen molar-refractivity contribution in [1.29, 1.82) is 5.41 Å². The summed E-state index contributed by atoms with van der Waals surface area (Å²) in [4.78, 5) is 0.0143. The van der Waals surface area contributed by atoms with Crippen molar-refractivity contribution in [3.05, 3.63) is 83.9 Å². The van der Waals surface area contributed by atoms with E-state index in [9.17, 15) is 12.8 Å². The van der Waals surface area contributed by atoms with Crippen molar-refractivity contribution in [2.24, 2.45) is 5.73 Å². The minimum atomic E-state index is -4.03. The Bertz CT molecular complexity index is 1180. The molecule has 3 aromatic rings. The van der Waals surface area contributed by atoms with Gasteiger partial charge in [0.25, 0.3) is 10.0 Å². The summed E-state index contributed by atoms with van der Waals surface area (Å²) in [6.07, 6.45) is 3.78. The molecule has 0 aliphatic carbocycles. The maximum absolute atomic E-state index is 14.4. The molecule has 150 valence electrons. The van der Waals surface area contributed by atoms with Gasteiger partial charge >= 0.3 is 0 Å². The van der Waals surface area contributed by atoms with Crippen LogP contribution < -0.4 is 11.1 Å². The predicted molar refractivity (Wildman–Crippen MR) is 113 cm³/mol.